The molecule has 0 aliphatic heterocycles. The molecule has 0 saturated carbocycles. The Bertz CT molecular complexity index is 398. The molecule has 0 aliphatic carbocycles. The van der Waals surface area contributed by atoms with Gasteiger partial charge >= 0.3 is 6.18 Å². The Balaban J connectivity index is 2.65. The van der Waals surface area contributed by atoms with E-state index >= 15 is 0 Å². The van der Waals surface area contributed by atoms with Crippen molar-refractivity contribution < 1.29 is 32.5 Å². The van der Waals surface area contributed by atoms with Crippen LogP contribution < -0.4 is 9.47 Å². The molecule has 0 heterocycles. The Labute approximate surface area is 115 Å². The zero-order valence-electron chi connectivity index (χ0n) is 11.2. The molecule has 0 bridgehead atoms. The van der Waals surface area contributed by atoms with E-state index in [0.717, 1.165) is 0 Å². The van der Waals surface area contributed by atoms with Gasteiger partial charge in [0.25, 0.3) is 0 Å². The Morgan fingerprint density at radius 1 is 1.15 bits per heavy atom. The van der Waals surface area contributed by atoms with Crippen LogP contribution in [0, 0.1) is 0 Å². The standard InChI is InChI=1S/C13H17F3O4/c1-18-10-4-3-5-11(19-2)12(10)9(17)6-7-20-8-13(14,15)16/h3-5,9,17H,6-8H2,1-2H3. The normalized spacial score (nSPS) is 13.1. The number of hydrogen-bond acceptors (Lipinski definition) is 4. The quantitative estimate of drug-likeness (QED) is 0.786. The molecule has 0 aliphatic rings. The van der Waals surface area contributed by atoms with Crippen LogP contribution in [-0.2, 0) is 4.74 Å². The Morgan fingerprint density at radius 3 is 2.15 bits per heavy atom. The first-order valence-corrected chi connectivity index (χ1v) is 5.92. The van der Waals surface area contributed by atoms with Gasteiger partial charge in [-0.3, -0.25) is 0 Å². The summed E-state index contributed by atoms with van der Waals surface area (Å²) in [5.74, 6) is 0.820. The van der Waals surface area contributed by atoms with E-state index in [1.165, 1.54) is 14.2 Å². The summed E-state index contributed by atoms with van der Waals surface area (Å²) in [7, 11) is 2.87. The zero-order chi connectivity index (χ0) is 15.2. The number of hydrogen-bond donors (Lipinski definition) is 1. The van der Waals surface area contributed by atoms with E-state index in [0.29, 0.717) is 17.1 Å². The molecule has 0 aromatic heterocycles. The molecule has 0 radical (unpaired) electrons. The van der Waals surface area contributed by atoms with Crippen molar-refractivity contribution in [3.8, 4) is 11.5 Å². The van der Waals surface area contributed by atoms with Crippen molar-refractivity contribution >= 4 is 0 Å². The van der Waals surface area contributed by atoms with Crippen molar-refractivity contribution in [2.75, 3.05) is 27.4 Å². The third kappa shape index (κ3) is 4.90. The van der Waals surface area contributed by atoms with Gasteiger partial charge in [0, 0.05) is 13.0 Å². The molecule has 1 unspecified atom stereocenters. The third-order valence-electron chi connectivity index (χ3n) is 2.60. The topological polar surface area (TPSA) is 47.9 Å². The van der Waals surface area contributed by atoms with Crippen molar-refractivity contribution in [1.29, 1.82) is 0 Å². The van der Waals surface area contributed by atoms with Crippen LogP contribution in [0.4, 0.5) is 13.2 Å². The molecule has 0 saturated heterocycles. The van der Waals surface area contributed by atoms with Gasteiger partial charge in [-0.05, 0) is 12.1 Å². The highest BCUT2D eigenvalue weighted by atomic mass is 19.4. The van der Waals surface area contributed by atoms with Crippen LogP contribution in [0.5, 0.6) is 11.5 Å². The van der Waals surface area contributed by atoms with Gasteiger partial charge in [0.15, 0.2) is 0 Å². The molecule has 1 atom stereocenters. The van der Waals surface area contributed by atoms with Crippen LogP contribution >= 0.6 is 0 Å². The largest absolute Gasteiger partial charge is 0.496 e. The van der Waals surface area contributed by atoms with E-state index in [9.17, 15) is 18.3 Å². The highest BCUT2D eigenvalue weighted by Crippen LogP contribution is 2.35. The summed E-state index contributed by atoms with van der Waals surface area (Å²) in [5.41, 5.74) is 0.396. The van der Waals surface area contributed by atoms with Crippen molar-refractivity contribution in [2.45, 2.75) is 18.7 Å². The van der Waals surface area contributed by atoms with Crippen LogP contribution in [-0.4, -0.2) is 38.7 Å². The average Bonchev–Trinajstić information content (AvgIpc) is 2.41. The molecular formula is C13H17F3O4. The monoisotopic (exact) mass is 294 g/mol. The molecule has 1 aromatic carbocycles. The first-order chi connectivity index (χ1) is 9.39. The van der Waals surface area contributed by atoms with Gasteiger partial charge in [-0.1, -0.05) is 6.07 Å². The second kappa shape index (κ2) is 7.35. The minimum absolute atomic E-state index is 0.00676. The third-order valence-corrected chi connectivity index (χ3v) is 2.60. The lowest BCUT2D eigenvalue weighted by molar-refractivity contribution is -0.175. The van der Waals surface area contributed by atoms with Gasteiger partial charge in [0.05, 0.1) is 25.9 Å². The predicted octanol–water partition coefficient (Wildman–Crippen LogP) is 2.71. The fourth-order valence-electron chi connectivity index (χ4n) is 1.74. The molecule has 7 heteroatoms. The van der Waals surface area contributed by atoms with E-state index in [1.54, 1.807) is 18.2 Å². The number of aliphatic hydroxyl groups excluding tert-OH is 1. The number of alkyl halides is 3. The summed E-state index contributed by atoms with van der Waals surface area (Å²) in [6.07, 6.45) is -5.39. The van der Waals surface area contributed by atoms with Crippen molar-refractivity contribution in [2.24, 2.45) is 0 Å². The van der Waals surface area contributed by atoms with Gasteiger partial charge in [0.1, 0.15) is 18.1 Å². The number of aliphatic hydroxyl groups is 1. The maximum absolute atomic E-state index is 11.9. The lowest BCUT2D eigenvalue weighted by atomic mass is 10.0. The van der Waals surface area contributed by atoms with Crippen LogP contribution in [0.2, 0.25) is 0 Å². The predicted molar refractivity (Wildman–Crippen MR) is 66.0 cm³/mol. The number of ether oxygens (including phenoxy) is 3. The second-order valence-corrected chi connectivity index (χ2v) is 4.05. The molecule has 114 valence electrons. The van der Waals surface area contributed by atoms with Gasteiger partial charge in [-0.2, -0.15) is 13.2 Å². The highest BCUT2D eigenvalue weighted by Gasteiger charge is 2.27. The SMILES string of the molecule is COc1cccc(OC)c1C(O)CCOCC(F)(F)F. The van der Waals surface area contributed by atoms with Crippen molar-refractivity contribution in [1.82, 2.24) is 0 Å². The van der Waals surface area contributed by atoms with E-state index < -0.39 is 18.9 Å². The second-order valence-electron chi connectivity index (χ2n) is 4.05. The molecule has 1 aromatic rings. The van der Waals surface area contributed by atoms with Crippen LogP contribution in [0.1, 0.15) is 18.1 Å². The summed E-state index contributed by atoms with van der Waals surface area (Å²) in [6.45, 7) is -1.55. The summed E-state index contributed by atoms with van der Waals surface area (Å²) in [4.78, 5) is 0. The van der Waals surface area contributed by atoms with Gasteiger partial charge < -0.3 is 19.3 Å². The molecule has 1 rings (SSSR count). The Morgan fingerprint density at radius 2 is 1.70 bits per heavy atom. The summed E-state index contributed by atoms with van der Waals surface area (Å²) >= 11 is 0. The summed E-state index contributed by atoms with van der Waals surface area (Å²) in [6, 6.07) is 4.96. The first-order valence-electron chi connectivity index (χ1n) is 5.92. The van der Waals surface area contributed by atoms with E-state index in [-0.39, 0.29) is 13.0 Å². The Hall–Kier alpha value is -1.47. The fraction of sp³-hybridized carbons (Fsp3) is 0.538. The van der Waals surface area contributed by atoms with E-state index in [1.807, 2.05) is 0 Å². The van der Waals surface area contributed by atoms with Gasteiger partial charge in [-0.15, -0.1) is 0 Å². The molecule has 1 N–H and O–H groups in total. The molecule has 4 nitrogen and oxygen atoms in total. The van der Waals surface area contributed by atoms with Crippen LogP contribution in [0.15, 0.2) is 18.2 Å². The average molecular weight is 294 g/mol. The highest BCUT2D eigenvalue weighted by molar-refractivity contribution is 5.46. The van der Waals surface area contributed by atoms with Crippen molar-refractivity contribution in [3.63, 3.8) is 0 Å². The lowest BCUT2D eigenvalue weighted by Gasteiger charge is -2.18. The van der Waals surface area contributed by atoms with Crippen LogP contribution in [0.25, 0.3) is 0 Å². The van der Waals surface area contributed by atoms with Crippen LogP contribution in [0.3, 0.4) is 0 Å². The summed E-state index contributed by atoms with van der Waals surface area (Å²) in [5, 5.41) is 10.1. The molecule has 0 spiro atoms. The zero-order valence-corrected chi connectivity index (χ0v) is 11.2. The molecule has 20 heavy (non-hydrogen) atoms. The number of halogens is 3. The van der Waals surface area contributed by atoms with E-state index in [2.05, 4.69) is 4.74 Å². The number of benzene rings is 1. The first kappa shape index (κ1) is 16.6. The molecule has 0 fully saturated rings. The maximum atomic E-state index is 11.9. The minimum atomic E-state index is -4.37. The van der Waals surface area contributed by atoms with Gasteiger partial charge in [-0.25, -0.2) is 0 Å². The number of rotatable bonds is 7. The fourth-order valence-corrected chi connectivity index (χ4v) is 1.74. The van der Waals surface area contributed by atoms with Crippen molar-refractivity contribution in [3.05, 3.63) is 23.8 Å². The minimum Gasteiger partial charge on any atom is -0.496 e. The number of methoxy groups -OCH3 is 2. The lowest BCUT2D eigenvalue weighted by Crippen LogP contribution is -2.18. The van der Waals surface area contributed by atoms with Gasteiger partial charge in [0.2, 0.25) is 0 Å². The maximum Gasteiger partial charge on any atom is 0.411 e. The molecule has 0 amide bonds. The Kier molecular flexibility index (Phi) is 6.09. The molecular weight excluding hydrogens is 277 g/mol. The smallest absolute Gasteiger partial charge is 0.411 e. The summed E-state index contributed by atoms with van der Waals surface area (Å²) < 4.78 is 50.4. The van der Waals surface area contributed by atoms with E-state index in [4.69, 9.17) is 9.47 Å².